The van der Waals surface area contributed by atoms with E-state index in [1.54, 1.807) is 0 Å². The number of nitrogens with zero attached hydrogens (tertiary/aromatic N) is 2. The fourth-order valence-electron chi connectivity index (χ4n) is 8.08. The summed E-state index contributed by atoms with van der Waals surface area (Å²) in [6, 6.07) is 63.9. The molecule has 0 atom stereocenters. The van der Waals surface area contributed by atoms with Crippen LogP contribution in [0, 0.1) is 10.7 Å². The van der Waals surface area contributed by atoms with E-state index in [-0.39, 0.29) is 0 Å². The van der Waals surface area contributed by atoms with Crippen LogP contribution in [-0.2, 0) is 0 Å². The zero-order chi connectivity index (χ0) is 35.1. The van der Waals surface area contributed by atoms with Gasteiger partial charge in [0.1, 0.15) is 0 Å². The Kier molecular flexibility index (Phi) is 6.88. The SMILES string of the molecule is C=I1(c2cccc(-c3cc(-c4ccccc4)nc(-c4ccc5sc6ccccc6c5c4)n3)c2)c2ccc3ccccc3c2-c2c1ccc1ccccc21. The molecule has 1 aliphatic rings. The van der Waals surface area contributed by atoms with Crippen LogP contribution >= 0.6 is 29.3 Å². The summed E-state index contributed by atoms with van der Waals surface area (Å²) in [6.07, 6.45) is 0. The van der Waals surface area contributed by atoms with Crippen LogP contribution in [0.4, 0.5) is 0 Å². The quantitative estimate of drug-likeness (QED) is 0.166. The van der Waals surface area contributed by atoms with Gasteiger partial charge in [0.05, 0.1) is 0 Å². The molecule has 1 aliphatic heterocycles. The van der Waals surface area contributed by atoms with Crippen molar-refractivity contribution in [2.45, 2.75) is 0 Å². The first-order valence-electron chi connectivity index (χ1n) is 17.7. The average Bonchev–Trinajstić information content (AvgIpc) is 3.74. The molecule has 4 heteroatoms. The zero-order valence-corrected chi connectivity index (χ0v) is 31.6. The third kappa shape index (κ3) is 4.72. The molecule has 11 rings (SSSR count). The first kappa shape index (κ1) is 30.8. The van der Waals surface area contributed by atoms with Gasteiger partial charge in [-0.3, -0.25) is 0 Å². The monoisotopic (exact) mass is 806 g/mol. The summed E-state index contributed by atoms with van der Waals surface area (Å²) in [5, 5.41) is 7.64. The number of thiophene rings is 1. The third-order valence-corrected chi connectivity index (χ3v) is 20.3. The van der Waals surface area contributed by atoms with Gasteiger partial charge in [-0.25, -0.2) is 0 Å². The first-order valence-corrected chi connectivity index (χ1v) is 23.3. The molecule has 53 heavy (non-hydrogen) atoms. The number of benzene rings is 8. The molecule has 0 spiro atoms. The predicted octanol–water partition coefficient (Wildman–Crippen LogP) is 13.5. The van der Waals surface area contributed by atoms with Crippen molar-refractivity contribution < 1.29 is 0 Å². The van der Waals surface area contributed by atoms with E-state index in [2.05, 4.69) is 176 Å². The normalized spacial score (nSPS) is 13.7. The van der Waals surface area contributed by atoms with Crippen LogP contribution in [0.2, 0.25) is 0 Å². The van der Waals surface area contributed by atoms with Gasteiger partial charge in [-0.1, -0.05) is 6.07 Å². The molecule has 0 N–H and O–H groups in total. The molecule has 250 valence electrons. The van der Waals surface area contributed by atoms with E-state index < -0.39 is 18.0 Å². The summed E-state index contributed by atoms with van der Waals surface area (Å²) in [4.78, 5) is 10.5. The summed E-state index contributed by atoms with van der Waals surface area (Å²) in [5.41, 5.74) is 7.70. The van der Waals surface area contributed by atoms with E-state index in [0.29, 0.717) is 0 Å². The van der Waals surface area contributed by atoms with E-state index in [0.717, 1.165) is 33.9 Å². The van der Waals surface area contributed by atoms with Gasteiger partial charge in [0, 0.05) is 0 Å². The number of fused-ring (bicyclic) bond motifs is 10. The second-order valence-electron chi connectivity index (χ2n) is 13.6. The molecule has 0 aliphatic carbocycles. The molecule has 0 amide bonds. The molecule has 2 aromatic heterocycles. The van der Waals surface area contributed by atoms with Crippen LogP contribution in [0.15, 0.2) is 176 Å². The van der Waals surface area contributed by atoms with Gasteiger partial charge in [-0.15, -0.1) is 0 Å². The Balaban J connectivity index is 1.13. The van der Waals surface area contributed by atoms with Crippen molar-refractivity contribution >= 4 is 75.5 Å². The molecule has 2 nitrogen and oxygen atoms in total. The second-order valence-corrected chi connectivity index (χ2v) is 22.2. The standard InChI is InChI=1S/C49H31IN2S/c1-50(41-25-22-31-12-5-7-18-37(31)47(41)48-38-19-8-6-13-32(38)23-26-42(48)50)36-17-11-16-34(28-36)44-30-43(33-14-3-2-4-15-33)51-49(52-44)35-24-27-46-40(29-35)39-20-9-10-21-45(39)53-46/h2-30H,1H2. The molecule has 8 aromatic carbocycles. The Bertz CT molecular complexity index is 3070. The maximum atomic E-state index is 5.32. The van der Waals surface area contributed by atoms with Crippen LogP contribution in [0.25, 0.3) is 86.7 Å². The van der Waals surface area contributed by atoms with Gasteiger partial charge in [0.25, 0.3) is 0 Å². The van der Waals surface area contributed by atoms with Crippen LogP contribution in [0.5, 0.6) is 0 Å². The van der Waals surface area contributed by atoms with Crippen molar-refractivity contribution in [1.82, 2.24) is 9.97 Å². The molecule has 3 heterocycles. The van der Waals surface area contributed by atoms with Crippen LogP contribution in [0.3, 0.4) is 0 Å². The summed E-state index contributed by atoms with van der Waals surface area (Å²) < 4.78 is 12.0. The molecule has 0 radical (unpaired) electrons. The summed E-state index contributed by atoms with van der Waals surface area (Å²) in [6.45, 7) is 0. The van der Waals surface area contributed by atoms with Gasteiger partial charge < -0.3 is 0 Å². The van der Waals surface area contributed by atoms with Crippen LogP contribution < -0.4 is 0 Å². The minimum absolute atomic E-state index is 0.726. The van der Waals surface area contributed by atoms with E-state index >= 15 is 0 Å². The van der Waals surface area contributed by atoms with Gasteiger partial charge >= 0.3 is 311 Å². The van der Waals surface area contributed by atoms with Crippen molar-refractivity contribution in [1.29, 1.82) is 0 Å². The fraction of sp³-hybridized carbons (Fsp3) is 0. The zero-order valence-electron chi connectivity index (χ0n) is 28.6. The molecular weight excluding hydrogens is 776 g/mol. The predicted molar refractivity (Wildman–Crippen MR) is 235 cm³/mol. The number of hydrogen-bond acceptors (Lipinski definition) is 3. The first-order chi connectivity index (χ1) is 26.1. The van der Waals surface area contributed by atoms with Crippen molar-refractivity contribution in [2.24, 2.45) is 0 Å². The molecule has 0 bridgehead atoms. The molecule has 10 aromatic rings. The number of aromatic nitrogens is 2. The summed E-state index contributed by atoms with van der Waals surface area (Å²) in [7, 11) is 0. The van der Waals surface area contributed by atoms with Crippen molar-refractivity contribution in [3.05, 3.63) is 187 Å². The molecular formula is C49H31IN2S. The Morgan fingerprint density at radius 2 is 1.00 bits per heavy atom. The topological polar surface area (TPSA) is 25.8 Å². The van der Waals surface area contributed by atoms with Gasteiger partial charge in [0.15, 0.2) is 0 Å². The second kappa shape index (κ2) is 11.9. The van der Waals surface area contributed by atoms with E-state index in [1.165, 1.54) is 63.6 Å². The minimum atomic E-state index is -3.31. The van der Waals surface area contributed by atoms with Gasteiger partial charge in [0.2, 0.25) is 0 Å². The average molecular weight is 807 g/mol. The Labute approximate surface area is 315 Å². The van der Waals surface area contributed by atoms with Gasteiger partial charge in [-0.05, 0) is 0 Å². The Morgan fingerprint density at radius 3 is 1.72 bits per heavy atom. The van der Waals surface area contributed by atoms with Gasteiger partial charge in [-0.2, -0.15) is 0 Å². The van der Waals surface area contributed by atoms with E-state index in [9.17, 15) is 0 Å². The van der Waals surface area contributed by atoms with E-state index in [4.69, 9.17) is 14.5 Å². The maximum absolute atomic E-state index is 5.32. The summed E-state index contributed by atoms with van der Waals surface area (Å²) in [5.74, 6) is 0.726. The molecule has 0 fully saturated rings. The van der Waals surface area contributed by atoms with Crippen LogP contribution in [-0.4, -0.2) is 14.5 Å². The molecule has 0 saturated carbocycles. The molecule has 0 saturated heterocycles. The molecule has 0 unspecified atom stereocenters. The van der Waals surface area contributed by atoms with Crippen molar-refractivity contribution in [2.75, 3.05) is 0 Å². The number of hydrogen-bond donors (Lipinski definition) is 0. The van der Waals surface area contributed by atoms with Crippen LogP contribution in [0.1, 0.15) is 0 Å². The number of halogens is 1. The Morgan fingerprint density at radius 1 is 0.415 bits per heavy atom. The van der Waals surface area contributed by atoms with Crippen molar-refractivity contribution in [3.63, 3.8) is 0 Å². The van der Waals surface area contributed by atoms with Crippen molar-refractivity contribution in [3.8, 4) is 45.0 Å². The summed E-state index contributed by atoms with van der Waals surface area (Å²) >= 11 is -1.48. The third-order valence-electron chi connectivity index (χ3n) is 10.6. The Hall–Kier alpha value is -5.82. The fourth-order valence-corrected chi connectivity index (χ4v) is 17.4. The number of rotatable bonds is 4. The van der Waals surface area contributed by atoms with E-state index in [1.807, 2.05) is 11.3 Å².